The molecule has 4 heteroatoms. The Bertz CT molecular complexity index is 566. The quantitative estimate of drug-likeness (QED) is 0.662. The van der Waals surface area contributed by atoms with Gasteiger partial charge in [-0.25, -0.2) is 0 Å². The topological polar surface area (TPSA) is 63.4 Å². The van der Waals surface area contributed by atoms with Crippen LogP contribution in [-0.4, -0.2) is 10.0 Å². The van der Waals surface area contributed by atoms with Gasteiger partial charge in [-0.15, -0.1) is 0 Å². The second kappa shape index (κ2) is 6.19. The molecule has 0 aliphatic heterocycles. The lowest BCUT2D eigenvalue weighted by Crippen LogP contribution is -2.19. The number of rotatable bonds is 5. The van der Waals surface area contributed by atoms with Gasteiger partial charge in [0.25, 0.3) is 0 Å². The number of hydrogen-bond acceptors (Lipinski definition) is 3. The third-order valence-corrected chi connectivity index (χ3v) is 3.51. The molecule has 0 saturated heterocycles. The van der Waals surface area contributed by atoms with E-state index in [-0.39, 0.29) is 16.6 Å². The number of nitrogens with zero attached hydrogens (tertiary/aromatic N) is 1. The minimum absolute atomic E-state index is 0.114. The molecule has 4 nitrogen and oxygen atoms in total. The fourth-order valence-corrected chi connectivity index (χ4v) is 2.51. The van der Waals surface area contributed by atoms with Crippen molar-refractivity contribution < 1.29 is 10.0 Å². The Labute approximate surface area is 117 Å². The van der Waals surface area contributed by atoms with Gasteiger partial charge in [0.2, 0.25) is 6.04 Å². The molecule has 20 heavy (non-hydrogen) atoms. The summed E-state index contributed by atoms with van der Waals surface area (Å²) in [6.45, 7) is 1.95. The number of phenols is 1. The number of benzene rings is 2. The zero-order valence-electron chi connectivity index (χ0n) is 11.3. The predicted molar refractivity (Wildman–Crippen MR) is 77.3 cm³/mol. The van der Waals surface area contributed by atoms with Gasteiger partial charge in [0.1, 0.15) is 5.75 Å². The normalized spacial score (nSPS) is 13.7. The standard InChI is InChI=1S/C16H17NO3/c1-2-15(12-6-4-3-5-7-12)16(17(19)20)13-8-10-14(18)11-9-13/h3-11,15-16,18H,2H2,1H3. The van der Waals surface area contributed by atoms with Gasteiger partial charge in [-0.1, -0.05) is 37.3 Å². The summed E-state index contributed by atoms with van der Waals surface area (Å²) in [5.74, 6) is -0.0700. The summed E-state index contributed by atoms with van der Waals surface area (Å²) in [5.41, 5.74) is 1.58. The molecule has 0 saturated carbocycles. The Hall–Kier alpha value is -2.36. The largest absolute Gasteiger partial charge is 0.508 e. The summed E-state index contributed by atoms with van der Waals surface area (Å²) in [6.07, 6.45) is 0.677. The predicted octanol–water partition coefficient (Wildman–Crippen LogP) is 3.90. The average Bonchev–Trinajstić information content (AvgIpc) is 2.46. The lowest BCUT2D eigenvalue weighted by molar-refractivity contribution is -0.533. The van der Waals surface area contributed by atoms with E-state index in [2.05, 4.69) is 0 Å². The van der Waals surface area contributed by atoms with Crippen LogP contribution in [0.15, 0.2) is 54.6 Å². The Morgan fingerprint density at radius 1 is 1.05 bits per heavy atom. The van der Waals surface area contributed by atoms with Crippen LogP contribution in [0.2, 0.25) is 0 Å². The first-order valence-electron chi connectivity index (χ1n) is 6.61. The van der Waals surface area contributed by atoms with Crippen molar-refractivity contribution in [3.8, 4) is 5.75 Å². The molecule has 0 fully saturated rings. The van der Waals surface area contributed by atoms with Crippen molar-refractivity contribution in [3.05, 3.63) is 75.8 Å². The number of aromatic hydroxyl groups is 1. The van der Waals surface area contributed by atoms with Gasteiger partial charge in [-0.3, -0.25) is 10.1 Å². The van der Waals surface area contributed by atoms with Crippen LogP contribution in [0.1, 0.15) is 36.4 Å². The molecular weight excluding hydrogens is 254 g/mol. The van der Waals surface area contributed by atoms with Gasteiger partial charge in [0.05, 0.1) is 5.92 Å². The zero-order valence-corrected chi connectivity index (χ0v) is 11.3. The highest BCUT2D eigenvalue weighted by Crippen LogP contribution is 2.36. The minimum atomic E-state index is -0.803. The van der Waals surface area contributed by atoms with E-state index >= 15 is 0 Å². The molecule has 104 valence electrons. The molecule has 0 spiro atoms. The first-order valence-corrected chi connectivity index (χ1v) is 6.61. The SMILES string of the molecule is CCC(c1ccccc1)C(c1ccc(O)cc1)[N+](=O)[O-]. The highest BCUT2D eigenvalue weighted by Gasteiger charge is 2.33. The third kappa shape index (κ3) is 2.96. The highest BCUT2D eigenvalue weighted by molar-refractivity contribution is 5.30. The number of hydrogen-bond donors (Lipinski definition) is 1. The molecule has 0 radical (unpaired) electrons. The number of nitro groups is 1. The lowest BCUT2D eigenvalue weighted by atomic mass is 9.85. The Morgan fingerprint density at radius 2 is 1.65 bits per heavy atom. The zero-order chi connectivity index (χ0) is 14.5. The maximum Gasteiger partial charge on any atom is 0.244 e. The van der Waals surface area contributed by atoms with Crippen molar-refractivity contribution in [1.82, 2.24) is 0 Å². The molecule has 0 aliphatic carbocycles. The van der Waals surface area contributed by atoms with Crippen LogP contribution >= 0.6 is 0 Å². The van der Waals surface area contributed by atoms with Crippen LogP contribution in [0.25, 0.3) is 0 Å². The van der Waals surface area contributed by atoms with Crippen molar-refractivity contribution >= 4 is 0 Å². The second-order valence-electron chi connectivity index (χ2n) is 4.75. The monoisotopic (exact) mass is 271 g/mol. The molecule has 2 aromatic rings. The summed E-state index contributed by atoms with van der Waals surface area (Å²) in [7, 11) is 0. The third-order valence-electron chi connectivity index (χ3n) is 3.51. The second-order valence-corrected chi connectivity index (χ2v) is 4.75. The van der Waals surface area contributed by atoms with E-state index in [4.69, 9.17) is 0 Å². The first-order chi connectivity index (χ1) is 9.63. The van der Waals surface area contributed by atoms with Gasteiger partial charge >= 0.3 is 0 Å². The van der Waals surface area contributed by atoms with E-state index in [1.807, 2.05) is 37.3 Å². The molecule has 2 rings (SSSR count). The average molecular weight is 271 g/mol. The van der Waals surface area contributed by atoms with Gasteiger partial charge < -0.3 is 5.11 Å². The summed E-state index contributed by atoms with van der Waals surface area (Å²) in [4.78, 5) is 11.3. The molecule has 0 bridgehead atoms. The molecule has 0 aliphatic rings. The van der Waals surface area contributed by atoms with E-state index in [1.165, 1.54) is 12.1 Å². The van der Waals surface area contributed by atoms with E-state index in [0.29, 0.717) is 12.0 Å². The van der Waals surface area contributed by atoms with Gasteiger partial charge in [-0.2, -0.15) is 0 Å². The molecule has 1 N–H and O–H groups in total. The number of phenolic OH excluding ortho intramolecular Hbond substituents is 1. The molecule has 2 atom stereocenters. The lowest BCUT2D eigenvalue weighted by Gasteiger charge is -2.20. The van der Waals surface area contributed by atoms with Crippen LogP contribution in [0.3, 0.4) is 0 Å². The van der Waals surface area contributed by atoms with Crippen molar-refractivity contribution in [1.29, 1.82) is 0 Å². The van der Waals surface area contributed by atoms with Gasteiger partial charge in [-0.05, 0) is 36.2 Å². The Morgan fingerprint density at radius 3 is 2.15 bits per heavy atom. The summed E-state index contributed by atoms with van der Waals surface area (Å²) in [6, 6.07) is 14.9. The van der Waals surface area contributed by atoms with Crippen molar-refractivity contribution in [2.45, 2.75) is 25.3 Å². The fourth-order valence-electron chi connectivity index (χ4n) is 2.51. The Balaban J connectivity index is 2.41. The van der Waals surface area contributed by atoms with E-state index in [0.717, 1.165) is 5.56 Å². The smallest absolute Gasteiger partial charge is 0.244 e. The summed E-state index contributed by atoms with van der Waals surface area (Å²) >= 11 is 0. The molecule has 0 heterocycles. The maximum absolute atomic E-state index is 11.5. The molecule has 0 amide bonds. The van der Waals surface area contributed by atoms with E-state index in [1.54, 1.807) is 12.1 Å². The van der Waals surface area contributed by atoms with Crippen molar-refractivity contribution in [2.75, 3.05) is 0 Å². The fraction of sp³-hybridized carbons (Fsp3) is 0.250. The van der Waals surface area contributed by atoms with Crippen LogP contribution < -0.4 is 0 Å². The van der Waals surface area contributed by atoms with Crippen LogP contribution in [0, 0.1) is 10.1 Å². The summed E-state index contributed by atoms with van der Waals surface area (Å²) in [5, 5.41) is 20.8. The molecule has 2 aromatic carbocycles. The first kappa shape index (κ1) is 14.1. The molecule has 0 aromatic heterocycles. The highest BCUT2D eigenvalue weighted by atomic mass is 16.6. The van der Waals surface area contributed by atoms with Crippen LogP contribution in [0.5, 0.6) is 5.75 Å². The molecular formula is C16H17NO3. The van der Waals surface area contributed by atoms with Crippen LogP contribution in [-0.2, 0) is 0 Å². The summed E-state index contributed by atoms with van der Waals surface area (Å²) < 4.78 is 0. The van der Waals surface area contributed by atoms with E-state index < -0.39 is 6.04 Å². The van der Waals surface area contributed by atoms with E-state index in [9.17, 15) is 15.2 Å². The Kier molecular flexibility index (Phi) is 4.35. The van der Waals surface area contributed by atoms with Gasteiger partial charge in [0.15, 0.2) is 0 Å². The van der Waals surface area contributed by atoms with Crippen molar-refractivity contribution in [2.24, 2.45) is 0 Å². The van der Waals surface area contributed by atoms with Gasteiger partial charge in [0, 0.05) is 10.5 Å². The molecule has 2 unspecified atom stereocenters. The van der Waals surface area contributed by atoms with Crippen LogP contribution in [0.4, 0.5) is 0 Å². The maximum atomic E-state index is 11.5. The minimum Gasteiger partial charge on any atom is -0.508 e. The van der Waals surface area contributed by atoms with Crippen molar-refractivity contribution in [3.63, 3.8) is 0 Å².